The Kier molecular flexibility index (Phi) is 7.78. The third-order valence-corrected chi connectivity index (χ3v) is 6.94. The van der Waals surface area contributed by atoms with E-state index in [-0.39, 0.29) is 25.4 Å². The van der Waals surface area contributed by atoms with Crippen LogP contribution in [0.2, 0.25) is 0 Å². The summed E-state index contributed by atoms with van der Waals surface area (Å²) in [5.41, 5.74) is -0.242. The van der Waals surface area contributed by atoms with E-state index in [1.165, 1.54) is 6.07 Å². The maximum absolute atomic E-state index is 13.9. The summed E-state index contributed by atoms with van der Waals surface area (Å²) >= 11 is 0. The van der Waals surface area contributed by atoms with Crippen LogP contribution in [0.15, 0.2) is 53.6 Å². The Morgan fingerprint density at radius 2 is 1.92 bits per heavy atom. The highest BCUT2D eigenvalue weighted by Crippen LogP contribution is 2.38. The lowest BCUT2D eigenvalue weighted by molar-refractivity contribution is -0.137. The Bertz CT molecular complexity index is 1390. The topological polar surface area (TPSA) is 111 Å². The number of nitrogens with one attached hydrogen (secondary N) is 1. The summed E-state index contributed by atoms with van der Waals surface area (Å²) in [5, 5.41) is 9.13. The molecule has 4 rings (SSSR count). The van der Waals surface area contributed by atoms with Crippen LogP contribution in [0.5, 0.6) is 0 Å². The zero-order valence-corrected chi connectivity index (χ0v) is 20.3. The fraction of sp³-hybridized carbons (Fsp3) is 0.333. The molecular weight excluding hydrogens is 518 g/mol. The van der Waals surface area contributed by atoms with E-state index in [4.69, 9.17) is 9.47 Å². The van der Waals surface area contributed by atoms with Crippen LogP contribution in [-0.4, -0.2) is 55.5 Å². The number of aromatic nitrogens is 2. The van der Waals surface area contributed by atoms with E-state index >= 15 is 0 Å². The number of nitrogens with zero attached hydrogens (tertiary/aromatic N) is 2. The van der Waals surface area contributed by atoms with Gasteiger partial charge in [-0.05, 0) is 54.8 Å². The summed E-state index contributed by atoms with van der Waals surface area (Å²) in [6.07, 6.45) is -5.63. The van der Waals surface area contributed by atoms with Crippen molar-refractivity contribution >= 4 is 15.8 Å². The highest BCUT2D eigenvalue weighted by atomic mass is 32.2. The molecule has 0 unspecified atom stereocenters. The molecule has 3 aromatic rings. The number of aliphatic hydroxyl groups excluding tert-OH is 1. The number of benzene rings is 1. The largest absolute Gasteiger partial charge is 0.418 e. The van der Waals surface area contributed by atoms with Gasteiger partial charge in [-0.1, -0.05) is 18.2 Å². The van der Waals surface area contributed by atoms with Gasteiger partial charge in [0, 0.05) is 5.56 Å². The minimum atomic E-state index is -4.77. The molecule has 13 heteroatoms. The van der Waals surface area contributed by atoms with Crippen LogP contribution in [0, 0.1) is 12.9 Å². The zero-order chi connectivity index (χ0) is 26.8. The van der Waals surface area contributed by atoms with Gasteiger partial charge < -0.3 is 14.6 Å². The summed E-state index contributed by atoms with van der Waals surface area (Å²) in [5.74, 6) is -1.42. The number of alkyl halides is 3. The van der Waals surface area contributed by atoms with Gasteiger partial charge in [-0.3, -0.25) is 4.72 Å². The average Bonchev–Trinajstić information content (AvgIpc) is 3.23. The molecule has 0 saturated carbocycles. The molecule has 3 heterocycles. The quantitative estimate of drug-likeness (QED) is 0.330. The van der Waals surface area contributed by atoms with Gasteiger partial charge in [0.1, 0.15) is 18.0 Å². The average molecular weight is 542 g/mol. The summed E-state index contributed by atoms with van der Waals surface area (Å²) in [7, 11) is -4.42. The standard InChI is InChI=1S/C24H23F4N3O5S/c1-14-5-6-15(9-10-36-19-13-35-12-18(19)32)11-16(14)23-17(24(26,27)28)7-8-21(30-23)31-37(33,34)22-4-2-3-20(25)29-22/h2-8,11,18-19,32H,9-10,12-13H2,1H3,(H,30,31)/t18-,19+/m1/s1. The van der Waals surface area contributed by atoms with Gasteiger partial charge >= 0.3 is 6.18 Å². The Balaban J connectivity index is 1.64. The second kappa shape index (κ2) is 10.7. The number of sulfonamides is 1. The van der Waals surface area contributed by atoms with E-state index in [0.29, 0.717) is 17.5 Å². The lowest BCUT2D eigenvalue weighted by atomic mass is 9.97. The normalized spacial score (nSPS) is 18.2. The number of anilines is 1. The fourth-order valence-corrected chi connectivity index (χ4v) is 4.73. The van der Waals surface area contributed by atoms with Crippen molar-refractivity contribution in [2.24, 2.45) is 0 Å². The second-order valence-corrected chi connectivity index (χ2v) is 10.0. The van der Waals surface area contributed by atoms with Gasteiger partial charge in [0.2, 0.25) is 5.95 Å². The van der Waals surface area contributed by atoms with Crippen molar-refractivity contribution < 1.29 is 40.6 Å². The van der Waals surface area contributed by atoms with Crippen molar-refractivity contribution in [1.29, 1.82) is 0 Å². The van der Waals surface area contributed by atoms with Gasteiger partial charge in [0.15, 0.2) is 5.03 Å². The van der Waals surface area contributed by atoms with Crippen molar-refractivity contribution in [1.82, 2.24) is 9.97 Å². The molecule has 0 spiro atoms. The van der Waals surface area contributed by atoms with Crippen LogP contribution < -0.4 is 4.72 Å². The minimum absolute atomic E-state index is 0.152. The predicted molar refractivity (Wildman–Crippen MR) is 125 cm³/mol. The smallest absolute Gasteiger partial charge is 0.388 e. The Hall–Kier alpha value is -3.13. The molecule has 8 nitrogen and oxygen atoms in total. The fourth-order valence-electron chi connectivity index (χ4n) is 3.77. The van der Waals surface area contributed by atoms with Gasteiger partial charge in [-0.2, -0.15) is 26.0 Å². The molecule has 0 bridgehead atoms. The molecule has 1 aliphatic rings. The first-order chi connectivity index (χ1) is 17.4. The summed E-state index contributed by atoms with van der Waals surface area (Å²) in [6, 6.07) is 9.65. The summed E-state index contributed by atoms with van der Waals surface area (Å²) in [6.45, 7) is 2.25. The lowest BCUT2D eigenvalue weighted by Crippen LogP contribution is -2.27. The van der Waals surface area contributed by atoms with Gasteiger partial charge in [-0.15, -0.1) is 0 Å². The molecule has 1 saturated heterocycles. The summed E-state index contributed by atoms with van der Waals surface area (Å²) < 4.78 is 93.1. The number of ether oxygens (including phenoxy) is 2. The molecule has 2 N–H and O–H groups in total. The Morgan fingerprint density at radius 1 is 1.14 bits per heavy atom. The molecule has 0 radical (unpaired) electrons. The first kappa shape index (κ1) is 26.9. The third-order valence-electron chi connectivity index (χ3n) is 5.68. The SMILES string of the molecule is Cc1ccc(CCO[C@H]2COC[C@H]2O)cc1-c1nc(NS(=O)(=O)c2cccc(F)n2)ccc1C(F)(F)F. The molecule has 37 heavy (non-hydrogen) atoms. The number of pyridine rings is 2. The van der Waals surface area contributed by atoms with E-state index in [0.717, 1.165) is 30.3 Å². The van der Waals surface area contributed by atoms with Crippen LogP contribution in [-0.2, 0) is 32.1 Å². The minimum Gasteiger partial charge on any atom is -0.388 e. The van der Waals surface area contributed by atoms with E-state index in [2.05, 4.69) is 14.7 Å². The first-order valence-electron chi connectivity index (χ1n) is 11.1. The van der Waals surface area contributed by atoms with Crippen molar-refractivity contribution in [3.63, 3.8) is 0 Å². The number of aliphatic hydroxyl groups is 1. The molecule has 1 aromatic carbocycles. The van der Waals surface area contributed by atoms with Crippen LogP contribution in [0.3, 0.4) is 0 Å². The second-order valence-electron chi connectivity index (χ2n) is 8.41. The number of hydrogen-bond donors (Lipinski definition) is 2. The predicted octanol–water partition coefficient (Wildman–Crippen LogP) is 3.73. The Labute approximate surface area is 210 Å². The first-order valence-corrected chi connectivity index (χ1v) is 12.6. The van der Waals surface area contributed by atoms with E-state index in [9.17, 15) is 31.1 Å². The number of rotatable bonds is 8. The highest BCUT2D eigenvalue weighted by Gasteiger charge is 2.35. The van der Waals surface area contributed by atoms with Crippen LogP contribution in [0.1, 0.15) is 16.7 Å². The molecule has 1 fully saturated rings. The molecule has 198 valence electrons. The van der Waals surface area contributed by atoms with E-state index in [1.54, 1.807) is 19.1 Å². The van der Waals surface area contributed by atoms with Crippen molar-refractivity contribution in [3.05, 3.63) is 71.2 Å². The third kappa shape index (κ3) is 6.42. The molecule has 1 aliphatic heterocycles. The monoisotopic (exact) mass is 541 g/mol. The molecular formula is C24H23F4N3O5S. The number of halogens is 4. The van der Waals surface area contributed by atoms with Gasteiger partial charge in [0.25, 0.3) is 10.0 Å². The molecule has 2 aromatic heterocycles. The van der Waals surface area contributed by atoms with Crippen LogP contribution in [0.4, 0.5) is 23.4 Å². The van der Waals surface area contributed by atoms with E-state index < -0.39 is 56.5 Å². The maximum atomic E-state index is 13.9. The molecule has 0 aliphatic carbocycles. The highest BCUT2D eigenvalue weighted by molar-refractivity contribution is 7.92. The van der Waals surface area contributed by atoms with E-state index in [1.807, 2.05) is 0 Å². The van der Waals surface area contributed by atoms with Crippen molar-refractivity contribution in [3.8, 4) is 11.3 Å². The summed E-state index contributed by atoms with van der Waals surface area (Å²) in [4.78, 5) is 7.29. The maximum Gasteiger partial charge on any atom is 0.418 e. The molecule has 2 atom stereocenters. The van der Waals surface area contributed by atoms with Gasteiger partial charge in [-0.25, -0.2) is 9.97 Å². The van der Waals surface area contributed by atoms with Crippen LogP contribution in [0.25, 0.3) is 11.3 Å². The Morgan fingerprint density at radius 3 is 2.59 bits per heavy atom. The molecule has 0 amide bonds. The number of hydrogen-bond acceptors (Lipinski definition) is 7. The van der Waals surface area contributed by atoms with Crippen LogP contribution >= 0.6 is 0 Å². The number of aryl methyl sites for hydroxylation is 1. The lowest BCUT2D eigenvalue weighted by Gasteiger charge is -2.17. The van der Waals surface area contributed by atoms with Crippen molar-refractivity contribution in [2.45, 2.75) is 36.8 Å². The zero-order valence-electron chi connectivity index (χ0n) is 19.5. The van der Waals surface area contributed by atoms with Gasteiger partial charge in [0.05, 0.1) is 31.1 Å². The van der Waals surface area contributed by atoms with Crippen molar-refractivity contribution in [2.75, 3.05) is 24.5 Å².